The molecule has 0 saturated carbocycles. The largest absolute Gasteiger partial charge is 0.347 e. The molecule has 0 aromatic heterocycles. The Morgan fingerprint density at radius 2 is 1.62 bits per heavy atom. The highest BCUT2D eigenvalue weighted by atomic mass is 32.2. The van der Waals surface area contributed by atoms with E-state index in [0.29, 0.717) is 43.2 Å². The summed E-state index contributed by atoms with van der Waals surface area (Å²) in [6.45, 7) is 8.79. The highest BCUT2D eigenvalue weighted by Crippen LogP contribution is 2.18. The van der Waals surface area contributed by atoms with Crippen LogP contribution in [0.2, 0.25) is 0 Å². The van der Waals surface area contributed by atoms with Crippen molar-refractivity contribution >= 4 is 15.9 Å². The van der Waals surface area contributed by atoms with Crippen molar-refractivity contribution in [1.82, 2.24) is 14.5 Å². The molecular weight excluding hydrogens is 386 g/mol. The van der Waals surface area contributed by atoms with Gasteiger partial charge in [-0.05, 0) is 50.6 Å². The van der Waals surface area contributed by atoms with E-state index in [0.717, 1.165) is 5.56 Å². The molecule has 1 saturated heterocycles. The molecule has 7 heteroatoms. The molecule has 0 radical (unpaired) electrons. The zero-order chi connectivity index (χ0) is 21.1. The molecule has 0 spiro atoms. The number of nitrogens with zero attached hydrogens (tertiary/aromatic N) is 2. The number of carbonyl (C=O) groups excluding carboxylic acids is 1. The smallest absolute Gasteiger partial charge is 0.251 e. The maximum absolute atomic E-state index is 12.7. The lowest BCUT2D eigenvalue weighted by Crippen LogP contribution is -2.48. The first-order valence-electron chi connectivity index (χ1n) is 9.84. The van der Waals surface area contributed by atoms with Crippen LogP contribution in [0.25, 0.3) is 0 Å². The molecule has 2 aromatic carbocycles. The number of hydrogen-bond donors (Lipinski definition) is 1. The van der Waals surface area contributed by atoms with E-state index in [4.69, 9.17) is 0 Å². The van der Waals surface area contributed by atoms with Gasteiger partial charge < -0.3 is 5.32 Å². The van der Waals surface area contributed by atoms with Crippen LogP contribution in [0, 0.1) is 0 Å². The van der Waals surface area contributed by atoms with Crippen LogP contribution in [0.4, 0.5) is 0 Å². The SMILES string of the molecule is CC(C)(C)NC(=O)c1cccc(CN2CCN(S(=O)(=O)c3ccccc3)CC2)c1. The van der Waals surface area contributed by atoms with Crippen molar-refractivity contribution in [2.24, 2.45) is 0 Å². The highest BCUT2D eigenvalue weighted by Gasteiger charge is 2.28. The molecule has 1 fully saturated rings. The number of piperazine rings is 1. The summed E-state index contributed by atoms with van der Waals surface area (Å²) in [4.78, 5) is 15.0. The summed E-state index contributed by atoms with van der Waals surface area (Å²) in [7, 11) is -3.44. The van der Waals surface area contributed by atoms with Gasteiger partial charge in [-0.1, -0.05) is 30.3 Å². The Balaban J connectivity index is 1.60. The molecule has 1 heterocycles. The van der Waals surface area contributed by atoms with Crippen LogP contribution in [0.3, 0.4) is 0 Å². The molecule has 1 aliphatic heterocycles. The summed E-state index contributed by atoms with van der Waals surface area (Å²) < 4.78 is 27.0. The summed E-state index contributed by atoms with van der Waals surface area (Å²) in [5.74, 6) is -0.0851. The van der Waals surface area contributed by atoms with Crippen molar-refractivity contribution in [2.45, 2.75) is 37.8 Å². The van der Waals surface area contributed by atoms with Crippen LogP contribution < -0.4 is 5.32 Å². The van der Waals surface area contributed by atoms with Crippen LogP contribution in [-0.4, -0.2) is 55.2 Å². The quantitative estimate of drug-likeness (QED) is 0.815. The molecule has 2 aromatic rings. The van der Waals surface area contributed by atoms with Crippen molar-refractivity contribution in [1.29, 1.82) is 0 Å². The summed E-state index contributed by atoms with van der Waals surface area (Å²) in [5.41, 5.74) is 1.40. The number of rotatable bonds is 5. The van der Waals surface area contributed by atoms with Gasteiger partial charge in [-0.3, -0.25) is 9.69 Å². The van der Waals surface area contributed by atoms with Crippen molar-refractivity contribution < 1.29 is 13.2 Å². The van der Waals surface area contributed by atoms with Crippen molar-refractivity contribution in [3.8, 4) is 0 Å². The van der Waals surface area contributed by atoms with Crippen LogP contribution in [0.1, 0.15) is 36.7 Å². The number of amides is 1. The summed E-state index contributed by atoms with van der Waals surface area (Å²) in [6.07, 6.45) is 0. The maximum atomic E-state index is 12.7. The standard InChI is InChI=1S/C22H29N3O3S/c1-22(2,3)23-21(26)19-9-7-8-18(16-19)17-24-12-14-25(15-13-24)29(27,28)20-10-5-4-6-11-20/h4-11,16H,12-15,17H2,1-3H3,(H,23,26). The first-order valence-corrected chi connectivity index (χ1v) is 11.3. The van der Waals surface area contributed by atoms with Crippen LogP contribution >= 0.6 is 0 Å². The van der Waals surface area contributed by atoms with E-state index in [1.807, 2.05) is 51.1 Å². The van der Waals surface area contributed by atoms with Gasteiger partial charge in [0, 0.05) is 43.8 Å². The normalized spacial score (nSPS) is 16.5. The summed E-state index contributed by atoms with van der Waals surface area (Å²) >= 11 is 0. The Morgan fingerprint density at radius 1 is 0.966 bits per heavy atom. The fraction of sp³-hybridized carbons (Fsp3) is 0.409. The van der Waals surface area contributed by atoms with E-state index in [9.17, 15) is 13.2 Å². The van der Waals surface area contributed by atoms with Crippen molar-refractivity contribution in [3.05, 3.63) is 65.7 Å². The minimum absolute atomic E-state index is 0.0851. The molecule has 0 atom stereocenters. The van der Waals surface area contributed by atoms with Crippen LogP contribution in [0.15, 0.2) is 59.5 Å². The number of nitrogens with one attached hydrogen (secondary N) is 1. The molecule has 156 valence electrons. The van der Waals surface area contributed by atoms with Gasteiger partial charge in [-0.2, -0.15) is 4.31 Å². The van der Waals surface area contributed by atoms with Crippen molar-refractivity contribution in [3.63, 3.8) is 0 Å². The summed E-state index contributed by atoms with van der Waals surface area (Å²) in [6, 6.07) is 16.2. The Kier molecular flexibility index (Phi) is 6.41. The third kappa shape index (κ3) is 5.65. The molecule has 1 aliphatic rings. The van der Waals surface area contributed by atoms with Gasteiger partial charge in [0.1, 0.15) is 0 Å². The van der Waals surface area contributed by atoms with E-state index in [1.54, 1.807) is 28.6 Å². The molecular formula is C22H29N3O3S. The molecule has 1 amide bonds. The lowest BCUT2D eigenvalue weighted by Gasteiger charge is -2.34. The monoisotopic (exact) mass is 415 g/mol. The van der Waals surface area contributed by atoms with Gasteiger partial charge in [-0.15, -0.1) is 0 Å². The minimum atomic E-state index is -3.44. The fourth-order valence-electron chi connectivity index (χ4n) is 3.35. The summed E-state index contributed by atoms with van der Waals surface area (Å²) in [5, 5.41) is 2.98. The molecule has 0 unspecified atom stereocenters. The number of carbonyl (C=O) groups is 1. The molecule has 0 aliphatic carbocycles. The molecule has 1 N–H and O–H groups in total. The predicted octanol–water partition coefficient (Wildman–Crippen LogP) is 2.72. The fourth-order valence-corrected chi connectivity index (χ4v) is 4.79. The predicted molar refractivity (Wildman–Crippen MR) is 114 cm³/mol. The van der Waals surface area contributed by atoms with Gasteiger partial charge in [0.05, 0.1) is 4.90 Å². The minimum Gasteiger partial charge on any atom is -0.347 e. The van der Waals surface area contributed by atoms with E-state index >= 15 is 0 Å². The molecule has 29 heavy (non-hydrogen) atoms. The molecule has 3 rings (SSSR count). The second-order valence-corrected chi connectivity index (χ2v) is 10.3. The maximum Gasteiger partial charge on any atom is 0.251 e. The van der Waals surface area contributed by atoms with Gasteiger partial charge in [0.15, 0.2) is 0 Å². The average Bonchev–Trinajstić information content (AvgIpc) is 2.68. The second kappa shape index (κ2) is 8.65. The van der Waals surface area contributed by atoms with Gasteiger partial charge in [0.25, 0.3) is 5.91 Å². The zero-order valence-corrected chi connectivity index (χ0v) is 18.1. The topological polar surface area (TPSA) is 69.7 Å². The number of hydrogen-bond acceptors (Lipinski definition) is 4. The van der Waals surface area contributed by atoms with E-state index in [1.165, 1.54) is 0 Å². The van der Waals surface area contributed by atoms with Gasteiger partial charge >= 0.3 is 0 Å². The highest BCUT2D eigenvalue weighted by molar-refractivity contribution is 7.89. The Hall–Kier alpha value is -2.22. The Morgan fingerprint density at radius 3 is 2.24 bits per heavy atom. The average molecular weight is 416 g/mol. The van der Waals surface area contributed by atoms with Gasteiger partial charge in [0.2, 0.25) is 10.0 Å². The third-order valence-corrected chi connectivity index (χ3v) is 6.71. The third-order valence-electron chi connectivity index (χ3n) is 4.80. The first kappa shape index (κ1) is 21.5. The Labute approximate surface area is 173 Å². The molecule has 0 bridgehead atoms. The Bertz CT molecular complexity index is 945. The van der Waals surface area contributed by atoms with Crippen molar-refractivity contribution in [2.75, 3.05) is 26.2 Å². The second-order valence-electron chi connectivity index (χ2n) is 8.40. The molecule has 6 nitrogen and oxygen atoms in total. The van der Waals surface area contributed by atoms with Gasteiger partial charge in [-0.25, -0.2) is 8.42 Å². The van der Waals surface area contributed by atoms with Crippen LogP contribution in [-0.2, 0) is 16.6 Å². The zero-order valence-electron chi connectivity index (χ0n) is 17.3. The van der Waals surface area contributed by atoms with E-state index < -0.39 is 10.0 Å². The lowest BCUT2D eigenvalue weighted by molar-refractivity contribution is 0.0919. The van der Waals surface area contributed by atoms with E-state index in [-0.39, 0.29) is 11.4 Å². The lowest BCUT2D eigenvalue weighted by atomic mass is 10.1. The van der Waals surface area contributed by atoms with Crippen LogP contribution in [0.5, 0.6) is 0 Å². The van der Waals surface area contributed by atoms with E-state index in [2.05, 4.69) is 10.2 Å². The number of benzene rings is 2. The number of sulfonamides is 1. The first-order chi connectivity index (χ1) is 13.6.